The van der Waals surface area contributed by atoms with Crippen molar-refractivity contribution >= 4 is 34.5 Å². The molecule has 0 saturated heterocycles. The highest BCUT2D eigenvalue weighted by Crippen LogP contribution is 2.27. The van der Waals surface area contributed by atoms with Gasteiger partial charge in [0, 0.05) is 5.38 Å². The summed E-state index contributed by atoms with van der Waals surface area (Å²) in [5.74, 6) is -0.274. The van der Waals surface area contributed by atoms with E-state index in [4.69, 9.17) is 4.74 Å². The van der Waals surface area contributed by atoms with Crippen LogP contribution in [0, 0.1) is 13.8 Å². The van der Waals surface area contributed by atoms with Crippen molar-refractivity contribution < 1.29 is 14.3 Å². The van der Waals surface area contributed by atoms with Crippen molar-refractivity contribution in [3.63, 3.8) is 0 Å². The fraction of sp³-hybridized carbons (Fsp3) is 0.167. The zero-order valence-electron chi connectivity index (χ0n) is 14.2. The summed E-state index contributed by atoms with van der Waals surface area (Å²) in [7, 11) is 0. The number of nitrogens with one attached hydrogen (secondary N) is 2. The first-order valence-electron chi connectivity index (χ1n) is 7.81. The second kappa shape index (κ2) is 8.11. The maximum absolute atomic E-state index is 12.1. The van der Waals surface area contributed by atoms with Gasteiger partial charge in [0.2, 0.25) is 0 Å². The molecule has 0 spiro atoms. The highest BCUT2D eigenvalue weighted by molar-refractivity contribution is 7.20. The average molecular weight is 387 g/mol. The van der Waals surface area contributed by atoms with Gasteiger partial charge in [0.05, 0.1) is 4.88 Å². The molecule has 8 heteroatoms. The monoisotopic (exact) mass is 387 g/mol. The van der Waals surface area contributed by atoms with Crippen molar-refractivity contribution in [2.45, 2.75) is 13.8 Å². The van der Waals surface area contributed by atoms with Crippen molar-refractivity contribution in [3.8, 4) is 15.6 Å². The number of aryl methyl sites for hydroxylation is 2. The van der Waals surface area contributed by atoms with E-state index in [2.05, 4.69) is 15.8 Å². The Kier molecular flexibility index (Phi) is 5.65. The summed E-state index contributed by atoms with van der Waals surface area (Å²) in [6, 6.07) is 9.63. The van der Waals surface area contributed by atoms with Gasteiger partial charge in [0.15, 0.2) is 6.61 Å². The van der Waals surface area contributed by atoms with E-state index in [0.29, 0.717) is 5.75 Å². The number of nitrogens with zero attached hydrogens (tertiary/aromatic N) is 1. The van der Waals surface area contributed by atoms with Crippen LogP contribution in [0.1, 0.15) is 21.6 Å². The number of carbonyl (C=O) groups is 2. The summed E-state index contributed by atoms with van der Waals surface area (Å²) < 4.78 is 5.49. The average Bonchev–Trinajstić information content (AvgIpc) is 3.31. The molecule has 26 heavy (non-hydrogen) atoms. The summed E-state index contributed by atoms with van der Waals surface area (Å²) in [6.45, 7) is 3.66. The van der Waals surface area contributed by atoms with E-state index in [9.17, 15) is 9.59 Å². The van der Waals surface area contributed by atoms with E-state index in [-0.39, 0.29) is 12.3 Å². The first-order valence-corrected chi connectivity index (χ1v) is 9.57. The topological polar surface area (TPSA) is 80.3 Å². The van der Waals surface area contributed by atoms with Crippen LogP contribution in [0.5, 0.6) is 5.75 Å². The molecule has 0 fully saturated rings. The number of hydrogen-bond donors (Lipinski definition) is 2. The number of hydrazine groups is 1. The van der Waals surface area contributed by atoms with Gasteiger partial charge in [0.1, 0.15) is 16.5 Å². The van der Waals surface area contributed by atoms with Crippen LogP contribution in [-0.4, -0.2) is 23.4 Å². The summed E-state index contributed by atoms with van der Waals surface area (Å²) in [6.07, 6.45) is 0. The highest BCUT2D eigenvalue weighted by Gasteiger charge is 2.13. The number of benzene rings is 1. The Balaban J connectivity index is 1.50. The SMILES string of the molecule is Cc1ccc(C)c(OCC(=O)NNC(=O)c2csc(-c3cccs3)n2)c1. The Bertz CT molecular complexity index is 920. The van der Waals surface area contributed by atoms with Gasteiger partial charge in [-0.2, -0.15) is 0 Å². The van der Waals surface area contributed by atoms with Crippen LogP contribution >= 0.6 is 22.7 Å². The van der Waals surface area contributed by atoms with Crippen molar-refractivity contribution in [2.75, 3.05) is 6.61 Å². The number of ether oxygens (including phenoxy) is 1. The molecule has 0 saturated carbocycles. The van der Waals surface area contributed by atoms with Crippen LogP contribution in [0.2, 0.25) is 0 Å². The van der Waals surface area contributed by atoms with E-state index in [1.807, 2.05) is 49.6 Å². The molecular formula is C18H17N3O3S2. The molecule has 0 unspecified atom stereocenters. The van der Waals surface area contributed by atoms with Crippen LogP contribution < -0.4 is 15.6 Å². The Hall–Kier alpha value is -2.71. The summed E-state index contributed by atoms with van der Waals surface area (Å²) >= 11 is 2.94. The molecule has 134 valence electrons. The van der Waals surface area contributed by atoms with Crippen molar-refractivity contribution in [2.24, 2.45) is 0 Å². The lowest BCUT2D eigenvalue weighted by atomic mass is 10.1. The Morgan fingerprint density at radius 3 is 2.77 bits per heavy atom. The Labute approximate surface area is 158 Å². The molecule has 2 amide bonds. The molecule has 3 aromatic rings. The number of hydrogen-bond acceptors (Lipinski definition) is 6. The van der Waals surface area contributed by atoms with Gasteiger partial charge in [-0.15, -0.1) is 22.7 Å². The summed E-state index contributed by atoms with van der Waals surface area (Å²) in [4.78, 5) is 29.2. The molecule has 2 aromatic heterocycles. The van der Waals surface area contributed by atoms with E-state index >= 15 is 0 Å². The van der Waals surface area contributed by atoms with Crippen LogP contribution in [0.3, 0.4) is 0 Å². The first kappa shape index (κ1) is 18.1. The quantitative estimate of drug-likeness (QED) is 0.658. The predicted molar refractivity (Wildman–Crippen MR) is 102 cm³/mol. The molecule has 1 aromatic carbocycles. The minimum absolute atomic E-state index is 0.192. The Morgan fingerprint density at radius 2 is 2.00 bits per heavy atom. The van der Waals surface area contributed by atoms with Crippen LogP contribution in [0.4, 0.5) is 0 Å². The van der Waals surface area contributed by atoms with Gasteiger partial charge in [0.25, 0.3) is 11.8 Å². The molecule has 0 aliphatic rings. The van der Waals surface area contributed by atoms with Crippen LogP contribution in [0.25, 0.3) is 9.88 Å². The maximum Gasteiger partial charge on any atom is 0.289 e. The molecule has 3 rings (SSSR count). The van der Waals surface area contributed by atoms with E-state index in [1.165, 1.54) is 11.3 Å². The molecule has 2 N–H and O–H groups in total. The molecule has 0 aliphatic heterocycles. The molecular weight excluding hydrogens is 370 g/mol. The first-order chi connectivity index (χ1) is 12.5. The molecule has 0 atom stereocenters. The smallest absolute Gasteiger partial charge is 0.289 e. The molecule has 2 heterocycles. The normalized spacial score (nSPS) is 10.4. The molecule has 0 aliphatic carbocycles. The standard InChI is InChI=1S/C18H17N3O3S2/c1-11-5-6-12(2)14(8-11)24-9-16(22)20-21-17(23)13-10-26-18(19-13)15-4-3-7-25-15/h3-8,10H,9H2,1-2H3,(H,20,22)(H,21,23). The number of carbonyl (C=O) groups excluding carboxylic acids is 2. The number of thiophene rings is 1. The Morgan fingerprint density at radius 1 is 1.15 bits per heavy atom. The largest absolute Gasteiger partial charge is 0.483 e. The van der Waals surface area contributed by atoms with Gasteiger partial charge < -0.3 is 4.74 Å². The van der Waals surface area contributed by atoms with Crippen molar-refractivity contribution in [3.05, 3.63) is 57.9 Å². The van der Waals surface area contributed by atoms with Crippen molar-refractivity contribution in [1.29, 1.82) is 0 Å². The fourth-order valence-electron chi connectivity index (χ4n) is 2.12. The number of amides is 2. The third kappa shape index (κ3) is 4.47. The second-order valence-electron chi connectivity index (χ2n) is 5.58. The lowest BCUT2D eigenvalue weighted by Gasteiger charge is -2.10. The predicted octanol–water partition coefficient (Wildman–Crippen LogP) is 3.33. The van der Waals surface area contributed by atoms with E-state index in [0.717, 1.165) is 21.0 Å². The molecule has 0 bridgehead atoms. The van der Waals surface area contributed by atoms with Crippen LogP contribution in [0.15, 0.2) is 41.1 Å². The fourth-order valence-corrected chi connectivity index (χ4v) is 3.74. The van der Waals surface area contributed by atoms with E-state index in [1.54, 1.807) is 16.7 Å². The number of rotatable bonds is 5. The van der Waals surface area contributed by atoms with Gasteiger partial charge in [-0.25, -0.2) is 4.98 Å². The summed E-state index contributed by atoms with van der Waals surface area (Å²) in [5, 5.41) is 4.38. The van der Waals surface area contributed by atoms with E-state index < -0.39 is 11.8 Å². The van der Waals surface area contributed by atoms with Gasteiger partial charge in [-0.3, -0.25) is 20.4 Å². The maximum atomic E-state index is 12.1. The number of thiazole rings is 1. The van der Waals surface area contributed by atoms with Crippen molar-refractivity contribution in [1.82, 2.24) is 15.8 Å². The molecule has 6 nitrogen and oxygen atoms in total. The van der Waals surface area contributed by atoms with Crippen LogP contribution in [-0.2, 0) is 4.79 Å². The van der Waals surface area contributed by atoms with Gasteiger partial charge in [-0.1, -0.05) is 18.2 Å². The molecule has 0 radical (unpaired) electrons. The lowest BCUT2D eigenvalue weighted by molar-refractivity contribution is -0.123. The highest BCUT2D eigenvalue weighted by atomic mass is 32.1. The van der Waals surface area contributed by atoms with Gasteiger partial charge in [-0.05, 0) is 42.5 Å². The third-order valence-corrected chi connectivity index (χ3v) is 5.37. The zero-order valence-corrected chi connectivity index (χ0v) is 15.9. The third-order valence-electron chi connectivity index (χ3n) is 3.49. The summed E-state index contributed by atoms with van der Waals surface area (Å²) in [5.41, 5.74) is 6.93. The zero-order chi connectivity index (χ0) is 18.5. The lowest BCUT2D eigenvalue weighted by Crippen LogP contribution is -2.44. The second-order valence-corrected chi connectivity index (χ2v) is 7.38. The minimum atomic E-state index is -0.468. The number of aromatic nitrogens is 1. The minimum Gasteiger partial charge on any atom is -0.483 e. The van der Waals surface area contributed by atoms with Gasteiger partial charge >= 0.3 is 0 Å².